The van der Waals surface area contributed by atoms with Gasteiger partial charge in [-0.05, 0) is 29.5 Å². The third-order valence-electron chi connectivity index (χ3n) is 5.90. The second kappa shape index (κ2) is 8.53. The summed E-state index contributed by atoms with van der Waals surface area (Å²) in [5.74, 6) is -0.355. The maximum Gasteiger partial charge on any atom is 0.341 e. The molecule has 0 bridgehead atoms. The van der Waals surface area contributed by atoms with Crippen LogP contribution in [0.4, 0.5) is 0 Å². The standard InChI is InChI=1S/C24H30N2O7/c1-23(2,3)21-8-14-7-20(33-13-24(4,5)12-26(30)31)19(32-6)9-15(14)17-10-18(27)16(22(28)29)11-25(17)21/h7,9-11,21H,8,12-13H2,1-6H3,(H,28,29). The third kappa shape index (κ3) is 5.02. The SMILES string of the molecule is COc1cc2c(cc1OCC(C)(C)C[N+](=O)[O-])CC(C(C)(C)C)n1cc(C(=O)O)c(=O)cc1-2. The number of pyridine rings is 1. The van der Waals surface area contributed by atoms with Crippen LogP contribution in [0.5, 0.6) is 11.5 Å². The summed E-state index contributed by atoms with van der Waals surface area (Å²) in [6, 6.07) is 4.88. The van der Waals surface area contributed by atoms with E-state index in [0.717, 1.165) is 11.1 Å². The average molecular weight is 459 g/mol. The molecular formula is C24H30N2O7. The molecule has 1 aliphatic heterocycles. The first kappa shape index (κ1) is 24.3. The smallest absolute Gasteiger partial charge is 0.341 e. The lowest BCUT2D eigenvalue weighted by molar-refractivity contribution is -0.496. The average Bonchev–Trinajstić information content (AvgIpc) is 2.68. The molecule has 9 heteroatoms. The molecule has 9 nitrogen and oxygen atoms in total. The van der Waals surface area contributed by atoms with Crippen molar-refractivity contribution in [3.05, 3.63) is 55.9 Å². The fraction of sp³-hybridized carbons (Fsp3) is 0.500. The first-order chi connectivity index (χ1) is 15.2. The summed E-state index contributed by atoms with van der Waals surface area (Å²) in [4.78, 5) is 34.7. The van der Waals surface area contributed by atoms with E-state index in [1.807, 2.05) is 10.6 Å². The fourth-order valence-electron chi connectivity index (χ4n) is 4.16. The van der Waals surface area contributed by atoms with Gasteiger partial charge in [0.15, 0.2) is 16.9 Å². The molecule has 33 heavy (non-hydrogen) atoms. The van der Waals surface area contributed by atoms with Crippen molar-refractivity contribution in [2.45, 2.75) is 47.1 Å². The van der Waals surface area contributed by atoms with Crippen LogP contribution in [-0.2, 0) is 6.42 Å². The second-order valence-electron chi connectivity index (χ2n) is 10.3. The molecule has 0 radical (unpaired) electrons. The molecule has 0 spiro atoms. The van der Waals surface area contributed by atoms with Crippen molar-refractivity contribution in [1.82, 2.24) is 4.57 Å². The zero-order valence-electron chi connectivity index (χ0n) is 19.8. The van der Waals surface area contributed by atoms with E-state index in [4.69, 9.17) is 9.47 Å². The molecule has 0 saturated carbocycles. The highest BCUT2D eigenvalue weighted by Crippen LogP contribution is 2.45. The molecule has 0 amide bonds. The molecule has 1 atom stereocenters. The number of rotatable bonds is 7. The van der Waals surface area contributed by atoms with Crippen LogP contribution >= 0.6 is 0 Å². The highest BCUT2D eigenvalue weighted by molar-refractivity contribution is 5.88. The summed E-state index contributed by atoms with van der Waals surface area (Å²) in [7, 11) is 1.50. The highest BCUT2D eigenvalue weighted by Gasteiger charge is 2.34. The summed E-state index contributed by atoms with van der Waals surface area (Å²) in [6.07, 6.45) is 2.02. The molecule has 178 valence electrons. The minimum atomic E-state index is -1.26. The van der Waals surface area contributed by atoms with Gasteiger partial charge in [-0.2, -0.15) is 0 Å². The minimum absolute atomic E-state index is 0.106. The molecule has 0 saturated heterocycles. The Labute approximate surface area is 192 Å². The normalized spacial score (nSPS) is 15.4. The van der Waals surface area contributed by atoms with Crippen LogP contribution in [0.25, 0.3) is 11.3 Å². The Balaban J connectivity index is 2.12. The predicted molar refractivity (Wildman–Crippen MR) is 123 cm³/mol. The number of aromatic nitrogens is 1. The Morgan fingerprint density at radius 1 is 1.21 bits per heavy atom. The van der Waals surface area contributed by atoms with E-state index < -0.39 is 16.8 Å². The van der Waals surface area contributed by atoms with E-state index in [1.54, 1.807) is 19.9 Å². The van der Waals surface area contributed by atoms with Gasteiger partial charge in [0.25, 0.3) is 0 Å². The topological polar surface area (TPSA) is 121 Å². The monoisotopic (exact) mass is 458 g/mol. The van der Waals surface area contributed by atoms with Crippen LogP contribution in [0.2, 0.25) is 0 Å². The number of carboxylic acid groups (broad SMARTS) is 1. The summed E-state index contributed by atoms with van der Waals surface area (Å²) < 4.78 is 13.4. The maximum absolute atomic E-state index is 12.5. The highest BCUT2D eigenvalue weighted by atomic mass is 16.6. The van der Waals surface area contributed by atoms with Crippen molar-refractivity contribution in [1.29, 1.82) is 0 Å². The van der Waals surface area contributed by atoms with Gasteiger partial charge in [0.2, 0.25) is 6.54 Å². The minimum Gasteiger partial charge on any atom is -0.493 e. The van der Waals surface area contributed by atoms with Gasteiger partial charge in [-0.25, -0.2) is 4.79 Å². The first-order valence-electron chi connectivity index (χ1n) is 10.7. The molecule has 2 aromatic rings. The Kier molecular flexibility index (Phi) is 6.28. The largest absolute Gasteiger partial charge is 0.493 e. The summed E-state index contributed by atoms with van der Waals surface area (Å²) >= 11 is 0. The number of nitrogens with zero attached hydrogens (tertiary/aromatic N) is 2. The van der Waals surface area contributed by atoms with Crippen molar-refractivity contribution in [3.8, 4) is 22.8 Å². The van der Waals surface area contributed by atoms with Gasteiger partial charge >= 0.3 is 5.97 Å². The van der Waals surface area contributed by atoms with Crippen LogP contribution in [0.3, 0.4) is 0 Å². The quantitative estimate of drug-likeness (QED) is 0.491. The van der Waals surface area contributed by atoms with E-state index in [1.165, 1.54) is 19.4 Å². The molecule has 0 aliphatic carbocycles. The lowest BCUT2D eigenvalue weighted by Gasteiger charge is -2.39. The number of hydrogen-bond donors (Lipinski definition) is 1. The van der Waals surface area contributed by atoms with Gasteiger partial charge < -0.3 is 19.1 Å². The molecule has 1 unspecified atom stereocenters. The van der Waals surface area contributed by atoms with Crippen molar-refractivity contribution < 1.29 is 24.3 Å². The van der Waals surface area contributed by atoms with Crippen molar-refractivity contribution in [2.24, 2.45) is 10.8 Å². The number of carbonyl (C=O) groups is 1. The van der Waals surface area contributed by atoms with Crippen LogP contribution in [0, 0.1) is 20.9 Å². The lowest BCUT2D eigenvalue weighted by atomic mass is 9.78. The Morgan fingerprint density at radius 2 is 1.88 bits per heavy atom. The summed E-state index contributed by atoms with van der Waals surface area (Å²) in [5.41, 5.74) is 0.576. The number of fused-ring (bicyclic) bond motifs is 3. The molecule has 1 N–H and O–H groups in total. The van der Waals surface area contributed by atoms with Crippen LogP contribution < -0.4 is 14.9 Å². The number of carboxylic acids is 1. The van der Waals surface area contributed by atoms with Crippen LogP contribution in [0.15, 0.2) is 29.2 Å². The number of hydrogen-bond acceptors (Lipinski definition) is 6. The molecule has 1 aromatic heterocycles. The van der Waals surface area contributed by atoms with Gasteiger partial charge in [-0.1, -0.05) is 34.6 Å². The fourth-order valence-corrected chi connectivity index (χ4v) is 4.16. The van der Waals surface area contributed by atoms with Crippen molar-refractivity contribution >= 4 is 5.97 Å². The molecule has 0 fully saturated rings. The Hall–Kier alpha value is -3.36. The van der Waals surface area contributed by atoms with Crippen molar-refractivity contribution in [2.75, 3.05) is 20.3 Å². The zero-order chi connectivity index (χ0) is 24.7. The first-order valence-corrected chi connectivity index (χ1v) is 10.7. The number of nitro groups is 1. The maximum atomic E-state index is 12.5. The van der Waals surface area contributed by atoms with E-state index in [9.17, 15) is 24.8 Å². The predicted octanol–water partition coefficient (Wildman–Crippen LogP) is 4.05. The van der Waals surface area contributed by atoms with Gasteiger partial charge in [0.05, 0.1) is 24.8 Å². The number of ether oxygens (including phenoxy) is 2. The van der Waals surface area contributed by atoms with Gasteiger partial charge in [-0.3, -0.25) is 14.9 Å². The van der Waals surface area contributed by atoms with Gasteiger partial charge in [-0.15, -0.1) is 0 Å². The van der Waals surface area contributed by atoms with Gasteiger partial charge in [0.1, 0.15) is 5.56 Å². The molecule has 2 heterocycles. The summed E-state index contributed by atoms with van der Waals surface area (Å²) in [5, 5.41) is 20.4. The second-order valence-corrected chi connectivity index (χ2v) is 10.3. The van der Waals surface area contributed by atoms with Gasteiger partial charge in [0, 0.05) is 28.8 Å². The molecule has 3 rings (SSSR count). The van der Waals surface area contributed by atoms with E-state index >= 15 is 0 Å². The third-order valence-corrected chi connectivity index (χ3v) is 5.90. The van der Waals surface area contributed by atoms with Crippen molar-refractivity contribution in [3.63, 3.8) is 0 Å². The molecular weight excluding hydrogens is 428 g/mol. The van der Waals surface area contributed by atoms with Crippen LogP contribution in [-0.4, -0.2) is 40.8 Å². The number of aromatic carboxylic acids is 1. The number of methoxy groups -OCH3 is 1. The molecule has 1 aliphatic rings. The van der Waals surface area contributed by atoms with Crippen LogP contribution in [0.1, 0.15) is 56.6 Å². The Morgan fingerprint density at radius 3 is 2.42 bits per heavy atom. The zero-order valence-corrected chi connectivity index (χ0v) is 19.8. The Bertz CT molecular complexity index is 1160. The van der Waals surface area contributed by atoms with E-state index in [2.05, 4.69) is 20.8 Å². The van der Waals surface area contributed by atoms with E-state index in [0.29, 0.717) is 23.6 Å². The lowest BCUT2D eigenvalue weighted by Crippen LogP contribution is -2.33. The number of benzene rings is 1. The molecule has 1 aromatic carbocycles. The van der Waals surface area contributed by atoms with E-state index in [-0.39, 0.29) is 35.1 Å². The summed E-state index contributed by atoms with van der Waals surface area (Å²) in [6.45, 7) is 9.61.